The van der Waals surface area contributed by atoms with Crippen LogP contribution in [0.4, 0.5) is 0 Å². The Balaban J connectivity index is 1.95. The fourth-order valence-electron chi connectivity index (χ4n) is 4.86. The Hall–Kier alpha value is -2.31. The molecule has 2 aliphatic carbocycles. The summed E-state index contributed by atoms with van der Waals surface area (Å²) in [5, 5.41) is 13.6. The quantitative estimate of drug-likeness (QED) is 0.790. The van der Waals surface area contributed by atoms with E-state index >= 15 is 0 Å². The van der Waals surface area contributed by atoms with Gasteiger partial charge in [-0.25, -0.2) is 0 Å². The summed E-state index contributed by atoms with van der Waals surface area (Å²) in [7, 11) is 1.72. The van der Waals surface area contributed by atoms with E-state index in [2.05, 4.69) is 56.5 Å². The van der Waals surface area contributed by atoms with E-state index in [0.717, 1.165) is 12.2 Å². The van der Waals surface area contributed by atoms with E-state index in [1.165, 1.54) is 27.8 Å². The highest BCUT2D eigenvalue weighted by Gasteiger charge is 2.42. The average molecular weight is 332 g/mol. The number of nitriles is 1. The molecule has 3 unspecified atom stereocenters. The highest BCUT2D eigenvalue weighted by atomic mass is 16.5. The first-order valence-corrected chi connectivity index (χ1v) is 8.90. The molecule has 0 saturated carbocycles. The summed E-state index contributed by atoms with van der Waals surface area (Å²) < 4.78 is 5.65. The van der Waals surface area contributed by atoms with Crippen molar-refractivity contribution in [2.24, 2.45) is 11.8 Å². The summed E-state index contributed by atoms with van der Waals surface area (Å²) in [5.41, 5.74) is 6.13. The molecule has 1 N–H and O–H groups in total. The SMILES string of the molecule is COc1cccc2c1C1=C(C(C#N)C2)C2C(C)=CC(C)(C)NC2C=C1. The molecule has 3 aliphatic rings. The third kappa shape index (κ3) is 2.44. The van der Waals surface area contributed by atoms with Crippen LogP contribution in [0.1, 0.15) is 31.9 Å². The van der Waals surface area contributed by atoms with Gasteiger partial charge in [0.05, 0.1) is 19.1 Å². The van der Waals surface area contributed by atoms with Crippen molar-refractivity contribution in [3.63, 3.8) is 0 Å². The number of benzene rings is 1. The third-order valence-corrected chi connectivity index (χ3v) is 5.65. The van der Waals surface area contributed by atoms with Crippen LogP contribution in [-0.2, 0) is 6.42 Å². The van der Waals surface area contributed by atoms with Gasteiger partial charge in [0.15, 0.2) is 0 Å². The normalized spacial score (nSPS) is 29.1. The lowest BCUT2D eigenvalue weighted by atomic mass is 9.65. The van der Waals surface area contributed by atoms with Crippen molar-refractivity contribution in [1.82, 2.24) is 5.32 Å². The van der Waals surface area contributed by atoms with Crippen molar-refractivity contribution >= 4 is 5.57 Å². The van der Waals surface area contributed by atoms with Crippen LogP contribution in [-0.4, -0.2) is 18.7 Å². The Bertz CT molecular complexity index is 867. The molecule has 128 valence electrons. The Morgan fingerprint density at radius 1 is 1.32 bits per heavy atom. The monoisotopic (exact) mass is 332 g/mol. The van der Waals surface area contributed by atoms with E-state index in [1.54, 1.807) is 7.11 Å². The van der Waals surface area contributed by atoms with Crippen LogP contribution in [0.3, 0.4) is 0 Å². The molecule has 1 aliphatic heterocycles. The first-order valence-electron chi connectivity index (χ1n) is 8.90. The van der Waals surface area contributed by atoms with Gasteiger partial charge in [-0.3, -0.25) is 0 Å². The van der Waals surface area contributed by atoms with E-state index in [9.17, 15) is 5.26 Å². The molecule has 3 atom stereocenters. The van der Waals surface area contributed by atoms with Gasteiger partial charge in [0, 0.05) is 23.1 Å². The summed E-state index contributed by atoms with van der Waals surface area (Å²) in [6, 6.07) is 8.96. The topological polar surface area (TPSA) is 45.0 Å². The summed E-state index contributed by atoms with van der Waals surface area (Å²) in [6.45, 7) is 6.60. The number of rotatable bonds is 1. The van der Waals surface area contributed by atoms with Crippen molar-refractivity contribution < 1.29 is 4.74 Å². The summed E-state index contributed by atoms with van der Waals surface area (Å²) in [5.74, 6) is 1.06. The minimum Gasteiger partial charge on any atom is -0.496 e. The van der Waals surface area contributed by atoms with Crippen LogP contribution >= 0.6 is 0 Å². The smallest absolute Gasteiger partial charge is 0.126 e. The van der Waals surface area contributed by atoms with Crippen molar-refractivity contribution in [3.05, 3.63) is 58.7 Å². The molecule has 0 saturated heterocycles. The number of methoxy groups -OCH3 is 1. The van der Waals surface area contributed by atoms with Crippen LogP contribution in [0.5, 0.6) is 5.75 Å². The predicted molar refractivity (Wildman–Crippen MR) is 100 cm³/mol. The van der Waals surface area contributed by atoms with Gasteiger partial charge in [-0.2, -0.15) is 5.26 Å². The maximum Gasteiger partial charge on any atom is 0.126 e. The minimum atomic E-state index is -0.0848. The lowest BCUT2D eigenvalue weighted by Gasteiger charge is -2.45. The molecule has 0 spiro atoms. The molecule has 1 aromatic rings. The summed E-state index contributed by atoms with van der Waals surface area (Å²) >= 11 is 0. The Labute approximate surface area is 149 Å². The molecule has 0 bridgehead atoms. The maximum atomic E-state index is 9.88. The van der Waals surface area contributed by atoms with Crippen LogP contribution in [0.25, 0.3) is 5.57 Å². The van der Waals surface area contributed by atoms with Gasteiger partial charge in [0.2, 0.25) is 0 Å². The molecule has 25 heavy (non-hydrogen) atoms. The number of nitrogens with zero attached hydrogens (tertiary/aromatic N) is 1. The van der Waals surface area contributed by atoms with E-state index in [1.807, 2.05) is 12.1 Å². The minimum absolute atomic E-state index is 0.0277. The maximum absolute atomic E-state index is 9.88. The molecule has 3 heteroatoms. The third-order valence-electron chi connectivity index (χ3n) is 5.65. The fourth-order valence-corrected chi connectivity index (χ4v) is 4.86. The van der Waals surface area contributed by atoms with E-state index < -0.39 is 0 Å². The van der Waals surface area contributed by atoms with Crippen molar-refractivity contribution in [3.8, 4) is 11.8 Å². The summed E-state index contributed by atoms with van der Waals surface area (Å²) in [6.07, 6.45) is 7.53. The highest BCUT2D eigenvalue weighted by Crippen LogP contribution is 2.49. The lowest BCUT2D eigenvalue weighted by Crippen LogP contribution is -2.53. The standard InChI is InChI=1S/C22H24N2O/c1-13-11-22(2,3)24-17-9-8-16-20-14(6-5-7-18(20)25-4)10-15(12-23)21(16)19(13)17/h5-9,11,15,17,19,24H,10H2,1-4H3. The van der Waals surface area contributed by atoms with Gasteiger partial charge >= 0.3 is 0 Å². The van der Waals surface area contributed by atoms with Crippen molar-refractivity contribution in [2.75, 3.05) is 7.11 Å². The second-order valence-corrected chi connectivity index (χ2v) is 7.87. The van der Waals surface area contributed by atoms with Gasteiger partial charge < -0.3 is 10.1 Å². The number of fused-ring (bicyclic) bond motifs is 4. The highest BCUT2D eigenvalue weighted by molar-refractivity contribution is 5.86. The molecule has 0 fully saturated rings. The van der Waals surface area contributed by atoms with Gasteiger partial charge in [-0.15, -0.1) is 0 Å². The molecular weight excluding hydrogens is 308 g/mol. The van der Waals surface area contributed by atoms with Crippen LogP contribution < -0.4 is 10.1 Å². The first-order chi connectivity index (χ1) is 11.9. The number of ether oxygens (including phenoxy) is 1. The van der Waals surface area contributed by atoms with Gasteiger partial charge in [-0.05, 0) is 50.0 Å². The van der Waals surface area contributed by atoms with Crippen molar-refractivity contribution in [2.45, 2.75) is 38.8 Å². The van der Waals surface area contributed by atoms with Gasteiger partial charge in [0.1, 0.15) is 5.75 Å². The first kappa shape index (κ1) is 16.2. The molecule has 0 aromatic heterocycles. The lowest BCUT2D eigenvalue weighted by molar-refractivity contribution is 0.348. The zero-order chi connectivity index (χ0) is 17.8. The molecule has 4 rings (SSSR count). The Kier molecular flexibility index (Phi) is 3.63. The molecule has 1 aromatic carbocycles. The number of allylic oxidation sites excluding steroid dienone is 2. The molecular formula is C22H24N2O. The average Bonchev–Trinajstić information content (AvgIpc) is 2.58. The predicted octanol–water partition coefficient (Wildman–Crippen LogP) is 4.03. The largest absolute Gasteiger partial charge is 0.496 e. The van der Waals surface area contributed by atoms with Crippen LogP contribution in [0, 0.1) is 23.2 Å². The number of nitrogens with one attached hydrogen (secondary N) is 1. The summed E-state index contributed by atoms with van der Waals surface area (Å²) in [4.78, 5) is 0. The van der Waals surface area contributed by atoms with Gasteiger partial charge in [-0.1, -0.05) is 35.9 Å². The fraction of sp³-hybridized carbons (Fsp3) is 0.409. The second kappa shape index (κ2) is 5.61. The zero-order valence-electron chi connectivity index (χ0n) is 15.3. The molecule has 3 nitrogen and oxygen atoms in total. The van der Waals surface area contributed by atoms with E-state index in [4.69, 9.17) is 4.74 Å². The molecule has 0 amide bonds. The van der Waals surface area contributed by atoms with Gasteiger partial charge in [0.25, 0.3) is 0 Å². The van der Waals surface area contributed by atoms with Crippen LogP contribution in [0.15, 0.2) is 47.6 Å². The number of hydrogen-bond donors (Lipinski definition) is 1. The zero-order valence-corrected chi connectivity index (χ0v) is 15.3. The second-order valence-electron chi connectivity index (χ2n) is 7.87. The number of hydrogen-bond acceptors (Lipinski definition) is 3. The van der Waals surface area contributed by atoms with E-state index in [0.29, 0.717) is 0 Å². The Morgan fingerprint density at radius 3 is 2.84 bits per heavy atom. The molecule has 1 heterocycles. The molecule has 0 radical (unpaired) electrons. The Morgan fingerprint density at radius 2 is 2.12 bits per heavy atom. The van der Waals surface area contributed by atoms with Crippen LogP contribution in [0.2, 0.25) is 0 Å². The van der Waals surface area contributed by atoms with Crippen molar-refractivity contribution in [1.29, 1.82) is 5.26 Å². The van der Waals surface area contributed by atoms with E-state index in [-0.39, 0.29) is 23.4 Å².